The summed E-state index contributed by atoms with van der Waals surface area (Å²) in [5.41, 5.74) is 0.717. The Morgan fingerprint density at radius 1 is 1.06 bits per heavy atom. The maximum Gasteiger partial charge on any atom is 0.319 e. The number of benzene rings is 2. The van der Waals surface area contributed by atoms with Gasteiger partial charge < -0.3 is 30.1 Å². The zero-order valence-corrected chi connectivity index (χ0v) is 30.1. The zero-order chi connectivity index (χ0) is 34.8. The Labute approximate surface area is 290 Å². The highest BCUT2D eigenvalue weighted by Crippen LogP contribution is 2.29. The maximum absolute atomic E-state index is 14.4. The molecule has 0 unspecified atom stereocenters. The average molecular weight is 707 g/mol. The number of hydrogen-bond donors (Lipinski definition) is 3. The molecule has 266 valence electrons. The van der Waals surface area contributed by atoms with Gasteiger partial charge in [-0.3, -0.25) is 4.79 Å². The van der Waals surface area contributed by atoms with Crippen LogP contribution in [0.15, 0.2) is 47.4 Å². The molecular formula is C35H51ClN4O7S. The number of hydrogen-bond acceptors (Lipinski definition) is 7. The number of aliphatic hydroxyl groups excluding tert-OH is 1. The van der Waals surface area contributed by atoms with Crippen LogP contribution >= 0.6 is 11.6 Å². The van der Waals surface area contributed by atoms with E-state index in [4.69, 9.17) is 21.1 Å². The lowest BCUT2D eigenvalue weighted by Crippen LogP contribution is -2.48. The van der Waals surface area contributed by atoms with E-state index in [1.807, 2.05) is 13.8 Å². The van der Waals surface area contributed by atoms with E-state index in [-0.39, 0.29) is 60.2 Å². The molecule has 2 aromatic carbocycles. The van der Waals surface area contributed by atoms with E-state index in [1.165, 1.54) is 42.0 Å². The van der Waals surface area contributed by atoms with Gasteiger partial charge in [0.1, 0.15) is 5.75 Å². The second-order valence-corrected chi connectivity index (χ2v) is 15.7. The summed E-state index contributed by atoms with van der Waals surface area (Å²) < 4.78 is 40.7. The Morgan fingerprint density at radius 3 is 2.44 bits per heavy atom. The van der Waals surface area contributed by atoms with Crippen LogP contribution in [0.2, 0.25) is 5.02 Å². The van der Waals surface area contributed by atoms with Crippen LogP contribution in [0.3, 0.4) is 0 Å². The third kappa shape index (κ3) is 10.3. The Balaban J connectivity index is 1.60. The number of nitrogens with one attached hydrogen (secondary N) is 2. The number of urea groups is 1. The SMILES string of the molecule is C[C@H]1CCCCO[C@@H](CN(C)S(=O)(=O)c2ccc(Cl)cc2)[C@@H](C)CN([C@@H](C)CO)C(=O)c2cc(NC(=O)NC3CCCCC3)ccc2O1. The van der Waals surface area contributed by atoms with Crippen molar-refractivity contribution in [3.63, 3.8) is 0 Å². The predicted octanol–water partition coefficient (Wildman–Crippen LogP) is 5.91. The number of halogens is 1. The van der Waals surface area contributed by atoms with Gasteiger partial charge in [0.05, 0.1) is 35.3 Å². The number of nitrogens with zero attached hydrogens (tertiary/aromatic N) is 2. The van der Waals surface area contributed by atoms with Crippen LogP contribution in [0.5, 0.6) is 5.75 Å². The molecule has 0 aromatic heterocycles. The predicted molar refractivity (Wildman–Crippen MR) is 187 cm³/mol. The van der Waals surface area contributed by atoms with Gasteiger partial charge in [0.2, 0.25) is 10.0 Å². The van der Waals surface area contributed by atoms with E-state index in [1.54, 1.807) is 30.0 Å². The highest BCUT2D eigenvalue weighted by Gasteiger charge is 2.32. The lowest BCUT2D eigenvalue weighted by molar-refractivity contribution is -0.00833. The minimum atomic E-state index is -3.84. The molecule has 0 spiro atoms. The number of aliphatic hydroxyl groups is 1. The summed E-state index contributed by atoms with van der Waals surface area (Å²) in [5, 5.41) is 16.6. The smallest absolute Gasteiger partial charge is 0.319 e. The normalized spacial score (nSPS) is 22.7. The first-order valence-electron chi connectivity index (χ1n) is 17.0. The number of likely N-dealkylation sites (N-methyl/N-ethyl adjacent to an activating group) is 1. The summed E-state index contributed by atoms with van der Waals surface area (Å²) >= 11 is 5.99. The number of carbonyl (C=O) groups excluding carboxylic acids is 2. The number of carbonyl (C=O) groups is 2. The van der Waals surface area contributed by atoms with Gasteiger partial charge in [0.25, 0.3) is 5.91 Å². The van der Waals surface area contributed by atoms with Crippen LogP contribution in [0.1, 0.15) is 82.5 Å². The van der Waals surface area contributed by atoms with Crippen molar-refractivity contribution in [1.82, 2.24) is 14.5 Å². The van der Waals surface area contributed by atoms with Crippen molar-refractivity contribution in [2.75, 3.05) is 38.7 Å². The summed E-state index contributed by atoms with van der Waals surface area (Å²) in [7, 11) is -2.33. The molecule has 2 aromatic rings. The lowest BCUT2D eigenvalue weighted by atomic mass is 9.96. The van der Waals surface area contributed by atoms with Crippen molar-refractivity contribution < 1.29 is 32.6 Å². The highest BCUT2D eigenvalue weighted by molar-refractivity contribution is 7.89. The molecule has 11 nitrogen and oxygen atoms in total. The van der Waals surface area contributed by atoms with Crippen molar-refractivity contribution in [2.24, 2.45) is 5.92 Å². The fourth-order valence-corrected chi connectivity index (χ4v) is 7.51. The first-order valence-corrected chi connectivity index (χ1v) is 18.8. The fourth-order valence-electron chi connectivity index (χ4n) is 6.20. The number of amides is 3. The van der Waals surface area contributed by atoms with Crippen molar-refractivity contribution in [1.29, 1.82) is 0 Å². The monoisotopic (exact) mass is 706 g/mol. The molecular weight excluding hydrogens is 656 g/mol. The van der Waals surface area contributed by atoms with Crippen molar-refractivity contribution >= 4 is 39.2 Å². The molecule has 3 N–H and O–H groups in total. The average Bonchev–Trinajstić information content (AvgIpc) is 3.06. The van der Waals surface area contributed by atoms with Crippen LogP contribution in [-0.4, -0.2) is 92.3 Å². The van der Waals surface area contributed by atoms with Gasteiger partial charge >= 0.3 is 6.03 Å². The van der Waals surface area contributed by atoms with E-state index >= 15 is 0 Å². The molecule has 3 amide bonds. The third-order valence-corrected chi connectivity index (χ3v) is 11.3. The van der Waals surface area contributed by atoms with Crippen LogP contribution in [-0.2, 0) is 14.8 Å². The second kappa shape index (κ2) is 17.7. The largest absolute Gasteiger partial charge is 0.490 e. The summed E-state index contributed by atoms with van der Waals surface area (Å²) in [4.78, 5) is 28.9. The standard InChI is InChI=1S/C35H51ClN4O7S/c1-24-21-40(25(2)23-41)34(42)31-20-29(38-35(43)37-28-11-6-5-7-12-28)15-18-32(31)47-26(3)10-8-9-19-46-33(24)22-39(4)48(44,45)30-16-13-27(36)14-17-30/h13-18,20,24-26,28,33,41H,5-12,19,21-23H2,1-4H3,(H2,37,38,43)/t24-,25-,26-,33-/m0/s1. The number of rotatable bonds is 8. The van der Waals surface area contributed by atoms with Crippen LogP contribution < -0.4 is 15.4 Å². The molecule has 1 heterocycles. The molecule has 13 heteroatoms. The minimum absolute atomic E-state index is 0.0575. The summed E-state index contributed by atoms with van der Waals surface area (Å²) in [6.45, 7) is 5.97. The molecule has 0 radical (unpaired) electrons. The fraction of sp³-hybridized carbons (Fsp3) is 0.600. The van der Waals surface area contributed by atoms with E-state index in [9.17, 15) is 23.1 Å². The van der Waals surface area contributed by atoms with Crippen molar-refractivity contribution in [3.05, 3.63) is 53.1 Å². The van der Waals surface area contributed by atoms with E-state index < -0.39 is 22.2 Å². The topological polar surface area (TPSA) is 138 Å². The molecule has 1 aliphatic carbocycles. The molecule has 1 saturated carbocycles. The van der Waals surface area contributed by atoms with Gasteiger partial charge in [-0.25, -0.2) is 13.2 Å². The van der Waals surface area contributed by atoms with Crippen LogP contribution in [0.4, 0.5) is 10.5 Å². The first kappa shape index (κ1) is 37.9. The zero-order valence-electron chi connectivity index (χ0n) is 28.5. The molecule has 1 fully saturated rings. The van der Waals surface area contributed by atoms with E-state index in [0.29, 0.717) is 29.5 Å². The number of sulfonamides is 1. The van der Waals surface area contributed by atoms with Crippen LogP contribution in [0, 0.1) is 5.92 Å². The Bertz CT molecular complexity index is 1470. The van der Waals surface area contributed by atoms with Gasteiger partial charge in [0, 0.05) is 49.4 Å². The molecule has 2 aliphatic rings. The van der Waals surface area contributed by atoms with Gasteiger partial charge in [-0.15, -0.1) is 0 Å². The summed E-state index contributed by atoms with van der Waals surface area (Å²) in [6, 6.07) is 10.3. The molecule has 1 aliphatic heterocycles. The molecule has 48 heavy (non-hydrogen) atoms. The van der Waals surface area contributed by atoms with E-state index in [2.05, 4.69) is 10.6 Å². The third-order valence-electron chi connectivity index (χ3n) is 9.21. The van der Waals surface area contributed by atoms with E-state index in [0.717, 1.165) is 38.5 Å². The molecule has 0 bridgehead atoms. The van der Waals surface area contributed by atoms with Crippen molar-refractivity contribution in [2.45, 2.75) is 101 Å². The highest BCUT2D eigenvalue weighted by atomic mass is 35.5. The number of ether oxygens (including phenoxy) is 2. The van der Waals surface area contributed by atoms with Gasteiger partial charge in [-0.05, 0) is 88.4 Å². The minimum Gasteiger partial charge on any atom is -0.490 e. The number of anilines is 1. The second-order valence-electron chi connectivity index (χ2n) is 13.2. The lowest BCUT2D eigenvalue weighted by Gasteiger charge is -2.35. The summed E-state index contributed by atoms with van der Waals surface area (Å²) in [6.07, 6.45) is 6.75. The van der Waals surface area contributed by atoms with Gasteiger partial charge in [-0.2, -0.15) is 4.31 Å². The van der Waals surface area contributed by atoms with Gasteiger partial charge in [-0.1, -0.05) is 37.8 Å². The molecule has 4 atom stereocenters. The Kier molecular flexibility index (Phi) is 14.0. The molecule has 0 saturated heterocycles. The van der Waals surface area contributed by atoms with Crippen molar-refractivity contribution in [3.8, 4) is 5.75 Å². The number of fused-ring (bicyclic) bond motifs is 1. The molecule has 4 rings (SSSR count). The Hall–Kier alpha value is -2.90. The first-order chi connectivity index (χ1) is 22.9. The quantitative estimate of drug-likeness (QED) is 0.310. The van der Waals surface area contributed by atoms with Gasteiger partial charge in [0.15, 0.2) is 0 Å². The summed E-state index contributed by atoms with van der Waals surface area (Å²) in [5.74, 6) is -0.299. The van der Waals surface area contributed by atoms with Crippen LogP contribution in [0.25, 0.3) is 0 Å². The maximum atomic E-state index is 14.4. The Morgan fingerprint density at radius 2 is 1.75 bits per heavy atom.